The molecule has 0 radical (unpaired) electrons. The molecule has 0 heterocycles. The van der Waals surface area contributed by atoms with Crippen LogP contribution in [0.3, 0.4) is 0 Å². The zero-order valence-corrected chi connectivity index (χ0v) is 43.2. The van der Waals surface area contributed by atoms with E-state index in [0.29, 0.717) is 5.56 Å². The van der Waals surface area contributed by atoms with E-state index >= 15 is 0 Å². The zero-order chi connectivity index (χ0) is 56.2. The summed E-state index contributed by atoms with van der Waals surface area (Å²) in [6, 6.07) is 6.27. The second kappa shape index (κ2) is 32.9. The Bertz CT molecular complexity index is 2270. The summed E-state index contributed by atoms with van der Waals surface area (Å²) in [5, 5.41) is 39.5. The van der Waals surface area contributed by atoms with Gasteiger partial charge in [0.1, 0.15) is 42.0 Å². The first kappa shape index (κ1) is 63.1. The third kappa shape index (κ3) is 26.0. The molecule has 26 heteroatoms. The third-order valence-electron chi connectivity index (χ3n) is 11.1. The van der Waals surface area contributed by atoms with E-state index in [-0.39, 0.29) is 94.0 Å². The third-order valence-corrected chi connectivity index (χ3v) is 11.1. The number of phenolic OH excluding ortho intramolecular Hbond substituents is 1. The Morgan fingerprint density at radius 3 is 1.45 bits per heavy atom. The van der Waals surface area contributed by atoms with E-state index in [0.717, 1.165) is 5.56 Å². The Labute approximate surface area is 436 Å². The number of benzene rings is 2. The molecule has 0 aliphatic rings. The molecule has 2 rings (SSSR count). The molecule has 0 saturated carbocycles. The van der Waals surface area contributed by atoms with Gasteiger partial charge in [-0.1, -0.05) is 70.2 Å². The fourth-order valence-electron chi connectivity index (χ4n) is 7.28. The van der Waals surface area contributed by atoms with Gasteiger partial charge in [-0.15, -0.1) is 0 Å². The molecule has 0 saturated heterocycles. The lowest BCUT2D eigenvalue weighted by molar-refractivity contribution is -0.142. The Hall–Kier alpha value is -8.03. The van der Waals surface area contributed by atoms with Crippen molar-refractivity contribution in [2.75, 3.05) is 26.2 Å². The van der Waals surface area contributed by atoms with Crippen LogP contribution in [0.25, 0.3) is 0 Å². The molecule has 0 aliphatic carbocycles. The molecule has 0 spiro atoms. The number of aliphatic carboxylic acids is 1. The van der Waals surface area contributed by atoms with Gasteiger partial charge >= 0.3 is 5.97 Å². The molecule has 2 aromatic rings. The highest BCUT2D eigenvalue weighted by atomic mass is 16.4. The molecule has 7 atom stereocenters. The number of carbonyl (C=O) groups is 9. The molecular formula is C49H77N15O11. The number of nitrogens with two attached hydrogens (primary N) is 5. The van der Waals surface area contributed by atoms with Crippen LogP contribution >= 0.6 is 0 Å². The first-order chi connectivity index (χ1) is 35.3. The van der Waals surface area contributed by atoms with Crippen LogP contribution in [0.2, 0.25) is 0 Å². The zero-order valence-electron chi connectivity index (χ0n) is 43.2. The number of phenols is 1. The molecule has 8 amide bonds. The number of carboxylic acid groups (broad SMARTS) is 1. The maximum absolute atomic E-state index is 13.8. The Morgan fingerprint density at radius 1 is 0.507 bits per heavy atom. The summed E-state index contributed by atoms with van der Waals surface area (Å²) in [6.45, 7) is 7.39. The van der Waals surface area contributed by atoms with Crippen molar-refractivity contribution >= 4 is 65.1 Å². The van der Waals surface area contributed by atoms with E-state index in [2.05, 4.69) is 52.5 Å². The monoisotopic (exact) mass is 1050 g/mol. The van der Waals surface area contributed by atoms with Gasteiger partial charge in [-0.3, -0.25) is 48.3 Å². The van der Waals surface area contributed by atoms with Crippen molar-refractivity contribution < 1.29 is 53.4 Å². The van der Waals surface area contributed by atoms with Crippen LogP contribution in [0.1, 0.15) is 84.3 Å². The fraction of sp³-hybridized carbons (Fsp3) is 0.531. The summed E-state index contributed by atoms with van der Waals surface area (Å²) >= 11 is 0. The first-order valence-electron chi connectivity index (χ1n) is 24.6. The number of guanidine groups is 2. The van der Waals surface area contributed by atoms with Crippen LogP contribution < -0.4 is 71.2 Å². The predicted octanol–water partition coefficient (Wildman–Crippen LogP) is -3.05. The van der Waals surface area contributed by atoms with Gasteiger partial charge in [0, 0.05) is 19.5 Å². The Balaban J connectivity index is 2.23. The number of hydrogen-bond acceptors (Lipinski definition) is 13. The second-order valence-corrected chi connectivity index (χ2v) is 18.8. The summed E-state index contributed by atoms with van der Waals surface area (Å²) < 4.78 is 0. The number of rotatable bonds is 33. The SMILES string of the molecule is CC(C)C[C@H](NC(=O)CNC(=O)[C@H](Cc1ccc(O)cc1)NC(=O)[C@H](C)NC(=O)[C@H](CCCN=C(N)N)NC(=O)CNC(=O)[C@H](CCCN=C(N)N)NC(=O)[C@H](CC(C)C)NC(=O)[C@@H](N)Cc1ccccc1)C(=O)O. The normalized spacial score (nSPS) is 13.7. The van der Waals surface area contributed by atoms with Crippen molar-refractivity contribution in [2.24, 2.45) is 50.5 Å². The predicted molar refractivity (Wildman–Crippen MR) is 280 cm³/mol. The van der Waals surface area contributed by atoms with E-state index in [4.69, 9.17) is 28.7 Å². The van der Waals surface area contributed by atoms with Gasteiger partial charge in [0.15, 0.2) is 11.9 Å². The number of aliphatic imine (C=N–C) groups is 2. The van der Waals surface area contributed by atoms with Gasteiger partial charge in [-0.05, 0) is 87.0 Å². The highest BCUT2D eigenvalue weighted by molar-refractivity contribution is 5.97. The van der Waals surface area contributed by atoms with Crippen LogP contribution in [0.5, 0.6) is 5.75 Å². The summed E-state index contributed by atoms with van der Waals surface area (Å²) in [6.07, 6.45) is 0.706. The Morgan fingerprint density at radius 2 is 0.947 bits per heavy atom. The van der Waals surface area contributed by atoms with Gasteiger partial charge in [0.05, 0.1) is 19.1 Å². The van der Waals surface area contributed by atoms with Gasteiger partial charge in [-0.25, -0.2) is 4.79 Å². The second-order valence-electron chi connectivity index (χ2n) is 18.8. The quantitative estimate of drug-likeness (QED) is 0.0192. The van der Waals surface area contributed by atoms with Crippen molar-refractivity contribution in [1.29, 1.82) is 0 Å². The van der Waals surface area contributed by atoms with Gasteiger partial charge in [-0.2, -0.15) is 0 Å². The summed E-state index contributed by atoms with van der Waals surface area (Å²) in [5.41, 5.74) is 29.4. The number of nitrogens with one attached hydrogen (secondary N) is 8. The lowest BCUT2D eigenvalue weighted by Gasteiger charge is -2.25. The van der Waals surface area contributed by atoms with Crippen LogP contribution in [0.15, 0.2) is 64.6 Å². The highest BCUT2D eigenvalue weighted by Gasteiger charge is 2.31. The van der Waals surface area contributed by atoms with Crippen molar-refractivity contribution in [3.05, 3.63) is 65.7 Å². The van der Waals surface area contributed by atoms with Crippen LogP contribution in [0.4, 0.5) is 0 Å². The average molecular weight is 1050 g/mol. The lowest BCUT2D eigenvalue weighted by Crippen LogP contribution is -2.58. The molecule has 0 bridgehead atoms. The maximum Gasteiger partial charge on any atom is 0.326 e. The molecule has 0 fully saturated rings. The maximum atomic E-state index is 13.8. The van der Waals surface area contributed by atoms with Crippen molar-refractivity contribution in [3.8, 4) is 5.75 Å². The van der Waals surface area contributed by atoms with E-state index < -0.39 is 109 Å². The molecule has 0 aliphatic heterocycles. The first-order valence-corrected chi connectivity index (χ1v) is 24.6. The molecule has 26 nitrogen and oxygen atoms in total. The van der Waals surface area contributed by atoms with Gasteiger partial charge in [0.25, 0.3) is 0 Å². The molecular weight excluding hydrogens is 975 g/mol. The van der Waals surface area contributed by atoms with Crippen molar-refractivity contribution in [3.63, 3.8) is 0 Å². The smallest absolute Gasteiger partial charge is 0.326 e. The van der Waals surface area contributed by atoms with Crippen LogP contribution in [0, 0.1) is 11.8 Å². The van der Waals surface area contributed by atoms with E-state index in [9.17, 15) is 53.4 Å². The number of carboxylic acids is 1. The summed E-state index contributed by atoms with van der Waals surface area (Å²) in [5.74, 6) is -8.10. The van der Waals surface area contributed by atoms with Gasteiger partial charge in [0.2, 0.25) is 47.3 Å². The van der Waals surface area contributed by atoms with Crippen molar-refractivity contribution in [2.45, 2.75) is 128 Å². The molecule has 20 N–H and O–H groups in total. The van der Waals surface area contributed by atoms with Crippen molar-refractivity contribution in [1.82, 2.24) is 42.5 Å². The molecule has 0 aromatic heterocycles. The Kier molecular flexibility index (Phi) is 27.7. The largest absolute Gasteiger partial charge is 0.508 e. The summed E-state index contributed by atoms with van der Waals surface area (Å²) in [7, 11) is 0. The van der Waals surface area contributed by atoms with E-state index in [1.807, 2.05) is 44.2 Å². The molecule has 414 valence electrons. The minimum atomic E-state index is -1.35. The summed E-state index contributed by atoms with van der Waals surface area (Å²) in [4.78, 5) is 127. The van der Waals surface area contributed by atoms with Crippen LogP contribution in [-0.2, 0) is 56.0 Å². The minimum Gasteiger partial charge on any atom is -0.508 e. The van der Waals surface area contributed by atoms with Crippen LogP contribution in [-0.4, -0.2) is 144 Å². The molecule has 75 heavy (non-hydrogen) atoms. The number of nitrogens with zero attached hydrogens (tertiary/aromatic N) is 2. The lowest BCUT2D eigenvalue weighted by atomic mass is 10.0. The number of hydrogen-bond donors (Lipinski definition) is 15. The average Bonchev–Trinajstić information content (AvgIpc) is 3.33. The van der Waals surface area contributed by atoms with E-state index in [1.54, 1.807) is 13.8 Å². The fourth-order valence-corrected chi connectivity index (χ4v) is 7.28. The highest BCUT2D eigenvalue weighted by Crippen LogP contribution is 2.13. The molecule has 0 unspecified atom stereocenters. The van der Waals surface area contributed by atoms with Gasteiger partial charge < -0.3 is 81.4 Å². The van der Waals surface area contributed by atoms with E-state index in [1.165, 1.54) is 31.2 Å². The number of amides is 8. The topological polar surface area (TPSA) is 445 Å². The standard InChI is InChI=1S/C49H77N15O11/c1-27(2)21-36(64-42(69)33(50)23-30-11-7-6-8-12-30)46(73)62-34(13-9-19-55-48(51)52)43(70)57-25-39(66)60-35(14-10-20-56-49(53)54)45(72)59-29(5)41(68)63-37(24-31-15-17-32(65)18-16-31)44(71)58-26-40(67)61-38(47(74)75)22-28(3)4/h6-8,11-12,15-18,27-29,33-38,65H,9-10,13-14,19-26,50H2,1-5H3,(H,57,70)(H,58,71)(H,59,72)(H,60,66)(H,61,67)(H,62,73)(H,63,68)(H,64,69)(H,74,75)(H4,51,52,55)(H4,53,54,56)/t29-,33-,34-,35-,36-,37-,38-/m0/s1. The minimum absolute atomic E-state index is 0.0000553. The number of carbonyl (C=O) groups excluding carboxylic acids is 8. The molecule has 2 aromatic carbocycles. The number of aromatic hydroxyl groups is 1.